The first kappa shape index (κ1) is 13.7. The molecular formula is C14H15N3O3. The molecule has 6 heteroatoms. The van der Waals surface area contributed by atoms with E-state index in [9.17, 15) is 9.90 Å². The summed E-state index contributed by atoms with van der Waals surface area (Å²) >= 11 is 0. The molecule has 0 saturated heterocycles. The van der Waals surface area contributed by atoms with Gasteiger partial charge in [0.2, 0.25) is 0 Å². The number of aromatic hydroxyl groups is 1. The lowest BCUT2D eigenvalue weighted by Gasteiger charge is -2.09. The fraction of sp³-hybridized carbons (Fsp3) is 0.143. The fourth-order valence-electron chi connectivity index (χ4n) is 1.81. The number of nitrogen functional groups attached to an aromatic ring is 1. The Hall–Kier alpha value is -2.76. The van der Waals surface area contributed by atoms with E-state index in [0.29, 0.717) is 16.9 Å². The van der Waals surface area contributed by atoms with Gasteiger partial charge in [-0.05, 0) is 23.8 Å². The summed E-state index contributed by atoms with van der Waals surface area (Å²) in [6.45, 7) is 0. The number of benzene rings is 1. The Labute approximate surface area is 116 Å². The van der Waals surface area contributed by atoms with Gasteiger partial charge in [0.25, 0.3) is 5.91 Å². The van der Waals surface area contributed by atoms with Crippen LogP contribution in [0.4, 0.5) is 5.82 Å². The van der Waals surface area contributed by atoms with Crippen LogP contribution in [-0.4, -0.2) is 30.2 Å². The van der Waals surface area contributed by atoms with Gasteiger partial charge in [-0.1, -0.05) is 6.07 Å². The minimum Gasteiger partial charge on any atom is -0.504 e. The van der Waals surface area contributed by atoms with E-state index in [0.717, 1.165) is 5.56 Å². The standard InChI is InChI=1S/C14H15N3O3/c1-16-14(19)10-5-9(7-17-13(10)15)8-3-4-11(18)12(6-8)20-2/h3-7,18H,1-2H3,(H2,15,17)(H,16,19). The summed E-state index contributed by atoms with van der Waals surface area (Å²) in [5, 5.41) is 12.1. The number of phenolic OH excluding ortho intramolecular Hbond substituents is 1. The molecular weight excluding hydrogens is 258 g/mol. The average Bonchev–Trinajstić information content (AvgIpc) is 2.47. The van der Waals surface area contributed by atoms with Gasteiger partial charge in [-0.15, -0.1) is 0 Å². The number of carbonyl (C=O) groups excluding carboxylic acids is 1. The van der Waals surface area contributed by atoms with Crippen molar-refractivity contribution in [2.45, 2.75) is 0 Å². The number of nitrogens with one attached hydrogen (secondary N) is 1. The minimum atomic E-state index is -0.303. The largest absolute Gasteiger partial charge is 0.504 e. The van der Waals surface area contributed by atoms with Crippen molar-refractivity contribution in [1.82, 2.24) is 10.3 Å². The highest BCUT2D eigenvalue weighted by Gasteiger charge is 2.12. The lowest BCUT2D eigenvalue weighted by molar-refractivity contribution is 0.0963. The molecule has 20 heavy (non-hydrogen) atoms. The molecule has 1 aromatic heterocycles. The Morgan fingerprint density at radius 3 is 2.75 bits per heavy atom. The number of pyridine rings is 1. The summed E-state index contributed by atoms with van der Waals surface area (Å²) < 4.78 is 5.06. The summed E-state index contributed by atoms with van der Waals surface area (Å²) in [6.07, 6.45) is 1.56. The quantitative estimate of drug-likeness (QED) is 0.785. The van der Waals surface area contributed by atoms with Crippen molar-refractivity contribution in [2.75, 3.05) is 19.9 Å². The number of phenols is 1. The van der Waals surface area contributed by atoms with E-state index in [1.165, 1.54) is 20.2 Å². The van der Waals surface area contributed by atoms with E-state index < -0.39 is 0 Å². The van der Waals surface area contributed by atoms with Crippen LogP contribution in [0.5, 0.6) is 11.5 Å². The van der Waals surface area contributed by atoms with E-state index >= 15 is 0 Å². The number of anilines is 1. The predicted octanol–water partition coefficient (Wildman–Crippen LogP) is 1.40. The zero-order valence-electron chi connectivity index (χ0n) is 11.2. The van der Waals surface area contributed by atoms with Crippen LogP contribution in [0.15, 0.2) is 30.5 Å². The Morgan fingerprint density at radius 1 is 1.35 bits per heavy atom. The molecule has 0 atom stereocenters. The summed E-state index contributed by atoms with van der Waals surface area (Å²) in [5.41, 5.74) is 7.46. The van der Waals surface area contributed by atoms with Crippen LogP contribution in [-0.2, 0) is 0 Å². The molecule has 104 valence electrons. The first-order chi connectivity index (χ1) is 9.56. The average molecular weight is 273 g/mol. The van der Waals surface area contributed by atoms with Gasteiger partial charge in [-0.25, -0.2) is 4.98 Å². The lowest BCUT2D eigenvalue weighted by Crippen LogP contribution is -2.19. The van der Waals surface area contributed by atoms with Crippen LogP contribution in [0.2, 0.25) is 0 Å². The molecule has 0 bridgehead atoms. The van der Waals surface area contributed by atoms with Crippen molar-refractivity contribution >= 4 is 11.7 Å². The second-order valence-corrected chi connectivity index (χ2v) is 4.12. The predicted molar refractivity (Wildman–Crippen MR) is 75.7 cm³/mol. The fourth-order valence-corrected chi connectivity index (χ4v) is 1.81. The zero-order valence-corrected chi connectivity index (χ0v) is 11.2. The van der Waals surface area contributed by atoms with Gasteiger partial charge in [0.1, 0.15) is 5.82 Å². The smallest absolute Gasteiger partial charge is 0.254 e. The van der Waals surface area contributed by atoms with Crippen LogP contribution in [0.3, 0.4) is 0 Å². The monoisotopic (exact) mass is 273 g/mol. The Balaban J connectivity index is 2.50. The van der Waals surface area contributed by atoms with Gasteiger partial charge in [-0.2, -0.15) is 0 Å². The number of aromatic nitrogens is 1. The number of ether oxygens (including phenoxy) is 1. The zero-order chi connectivity index (χ0) is 14.7. The third-order valence-electron chi connectivity index (χ3n) is 2.90. The van der Waals surface area contributed by atoms with Crippen LogP contribution in [0, 0.1) is 0 Å². The van der Waals surface area contributed by atoms with Crippen LogP contribution in [0.1, 0.15) is 10.4 Å². The van der Waals surface area contributed by atoms with Gasteiger partial charge in [-0.3, -0.25) is 4.79 Å². The number of nitrogens with zero attached hydrogens (tertiary/aromatic N) is 1. The van der Waals surface area contributed by atoms with Gasteiger partial charge in [0, 0.05) is 18.8 Å². The second kappa shape index (κ2) is 5.48. The molecule has 2 rings (SSSR count). The number of rotatable bonds is 3. The molecule has 0 radical (unpaired) electrons. The Bertz CT molecular complexity index is 656. The summed E-state index contributed by atoms with van der Waals surface area (Å²) in [6, 6.07) is 6.53. The SMILES string of the molecule is CNC(=O)c1cc(-c2ccc(O)c(OC)c2)cnc1N. The molecule has 6 nitrogen and oxygen atoms in total. The molecule has 1 heterocycles. The molecule has 0 aliphatic heterocycles. The van der Waals surface area contributed by atoms with Crippen molar-refractivity contribution in [3.8, 4) is 22.6 Å². The molecule has 0 unspecified atom stereocenters. The van der Waals surface area contributed by atoms with Gasteiger partial charge >= 0.3 is 0 Å². The van der Waals surface area contributed by atoms with Crippen molar-refractivity contribution in [2.24, 2.45) is 0 Å². The Morgan fingerprint density at radius 2 is 2.10 bits per heavy atom. The van der Waals surface area contributed by atoms with Crippen molar-refractivity contribution in [3.05, 3.63) is 36.0 Å². The molecule has 0 fully saturated rings. The summed E-state index contributed by atoms with van der Waals surface area (Å²) in [4.78, 5) is 15.7. The van der Waals surface area contributed by atoms with Crippen molar-refractivity contribution in [3.63, 3.8) is 0 Å². The molecule has 1 amide bonds. The number of hydrogen-bond acceptors (Lipinski definition) is 5. The first-order valence-electron chi connectivity index (χ1n) is 5.91. The van der Waals surface area contributed by atoms with Crippen molar-refractivity contribution in [1.29, 1.82) is 0 Å². The minimum absolute atomic E-state index is 0.0474. The lowest BCUT2D eigenvalue weighted by atomic mass is 10.0. The van der Waals surface area contributed by atoms with Gasteiger partial charge in [0.05, 0.1) is 12.7 Å². The molecule has 0 saturated carbocycles. The highest BCUT2D eigenvalue weighted by Crippen LogP contribution is 2.31. The molecule has 0 aliphatic carbocycles. The van der Waals surface area contributed by atoms with Crippen LogP contribution in [0.25, 0.3) is 11.1 Å². The highest BCUT2D eigenvalue weighted by atomic mass is 16.5. The maximum Gasteiger partial charge on any atom is 0.254 e. The third-order valence-corrected chi connectivity index (χ3v) is 2.90. The Kier molecular flexibility index (Phi) is 3.74. The molecule has 4 N–H and O–H groups in total. The number of amides is 1. The van der Waals surface area contributed by atoms with E-state index in [4.69, 9.17) is 10.5 Å². The van der Waals surface area contributed by atoms with E-state index in [-0.39, 0.29) is 17.5 Å². The maximum absolute atomic E-state index is 11.7. The number of carbonyl (C=O) groups is 1. The summed E-state index contributed by atoms with van der Waals surface area (Å²) in [5.74, 6) is 0.258. The van der Waals surface area contributed by atoms with E-state index in [1.807, 2.05) is 0 Å². The van der Waals surface area contributed by atoms with Gasteiger partial charge in [0.15, 0.2) is 11.5 Å². The first-order valence-corrected chi connectivity index (χ1v) is 5.91. The number of methoxy groups -OCH3 is 1. The highest BCUT2D eigenvalue weighted by molar-refractivity contribution is 5.99. The van der Waals surface area contributed by atoms with Crippen LogP contribution >= 0.6 is 0 Å². The number of nitrogens with two attached hydrogens (primary N) is 1. The second-order valence-electron chi connectivity index (χ2n) is 4.12. The molecule has 0 aliphatic rings. The van der Waals surface area contributed by atoms with E-state index in [1.54, 1.807) is 24.4 Å². The molecule has 0 spiro atoms. The maximum atomic E-state index is 11.7. The third kappa shape index (κ3) is 2.49. The van der Waals surface area contributed by atoms with Crippen LogP contribution < -0.4 is 15.8 Å². The normalized spacial score (nSPS) is 10.1. The van der Waals surface area contributed by atoms with Crippen molar-refractivity contribution < 1.29 is 14.6 Å². The molecule has 2 aromatic rings. The van der Waals surface area contributed by atoms with E-state index in [2.05, 4.69) is 10.3 Å². The molecule has 1 aromatic carbocycles. The number of hydrogen-bond donors (Lipinski definition) is 3. The van der Waals surface area contributed by atoms with Gasteiger partial charge < -0.3 is 20.9 Å². The topological polar surface area (TPSA) is 97.5 Å². The summed E-state index contributed by atoms with van der Waals surface area (Å²) in [7, 11) is 2.99.